The summed E-state index contributed by atoms with van der Waals surface area (Å²) in [6.07, 6.45) is 3.79. The van der Waals surface area contributed by atoms with Crippen LogP contribution in [0.15, 0.2) is 29.3 Å². The summed E-state index contributed by atoms with van der Waals surface area (Å²) in [5, 5.41) is 12.2. The van der Waals surface area contributed by atoms with Gasteiger partial charge in [0.15, 0.2) is 9.84 Å². The normalized spacial score (nSPS) is 22.8. The van der Waals surface area contributed by atoms with Gasteiger partial charge in [-0.25, -0.2) is 23.2 Å². The minimum Gasteiger partial charge on any atom is -0.465 e. The highest BCUT2D eigenvalue weighted by molar-refractivity contribution is 7.92. The second-order valence-corrected chi connectivity index (χ2v) is 15.6. The van der Waals surface area contributed by atoms with E-state index < -0.39 is 26.6 Å². The van der Waals surface area contributed by atoms with Gasteiger partial charge in [0.25, 0.3) is 0 Å². The third kappa shape index (κ3) is 5.23. The third-order valence-electron chi connectivity index (χ3n) is 9.45. The highest BCUT2D eigenvalue weighted by Gasteiger charge is 2.62. The van der Waals surface area contributed by atoms with Gasteiger partial charge in [-0.3, -0.25) is 4.79 Å². The molecular formula is C30H39ClN4O6S. The van der Waals surface area contributed by atoms with Crippen LogP contribution in [0.5, 0.6) is 0 Å². The summed E-state index contributed by atoms with van der Waals surface area (Å²) in [5.41, 5.74) is 0.687. The van der Waals surface area contributed by atoms with Crippen LogP contribution in [0, 0.1) is 23.7 Å². The minimum atomic E-state index is -3.64. The number of hydrogen-bond donors (Lipinski definition) is 2. The topological polar surface area (TPSA) is 139 Å². The maximum Gasteiger partial charge on any atom is 0.407 e. The van der Waals surface area contributed by atoms with E-state index in [0.29, 0.717) is 62.0 Å². The molecule has 42 heavy (non-hydrogen) atoms. The number of rotatable bonds is 7. The fourth-order valence-corrected chi connectivity index (χ4v) is 10.1. The highest BCUT2D eigenvalue weighted by atomic mass is 35.5. The van der Waals surface area contributed by atoms with Crippen molar-refractivity contribution in [3.8, 4) is 0 Å². The largest absolute Gasteiger partial charge is 0.465 e. The highest BCUT2D eigenvalue weighted by Crippen LogP contribution is 2.63. The molecule has 1 aromatic heterocycles. The van der Waals surface area contributed by atoms with E-state index in [2.05, 4.69) is 36.1 Å². The fourth-order valence-electron chi connectivity index (χ4n) is 7.27. The van der Waals surface area contributed by atoms with Crippen molar-refractivity contribution in [1.29, 1.82) is 0 Å². The Morgan fingerprint density at radius 3 is 2.38 bits per heavy atom. The van der Waals surface area contributed by atoms with Crippen molar-refractivity contribution in [3.05, 3.63) is 40.7 Å². The number of aryl methyl sites for hydroxylation is 1. The summed E-state index contributed by atoms with van der Waals surface area (Å²) in [5.74, 6) is -0.160. The molecule has 3 fully saturated rings. The van der Waals surface area contributed by atoms with E-state index >= 15 is 0 Å². The number of ether oxygens (including phenoxy) is 1. The molecule has 2 atom stereocenters. The lowest BCUT2D eigenvalue weighted by Gasteiger charge is -2.62. The number of nitrogens with zero attached hydrogens (tertiary/aromatic N) is 3. The Morgan fingerprint density at radius 2 is 1.86 bits per heavy atom. The molecule has 1 saturated heterocycles. The van der Waals surface area contributed by atoms with Gasteiger partial charge in [0.2, 0.25) is 5.95 Å². The first-order chi connectivity index (χ1) is 19.6. The van der Waals surface area contributed by atoms with Crippen molar-refractivity contribution < 1.29 is 27.9 Å². The molecule has 1 aliphatic heterocycles. The van der Waals surface area contributed by atoms with E-state index in [0.717, 1.165) is 0 Å². The second kappa shape index (κ2) is 10.7. The molecule has 0 bridgehead atoms. The maximum atomic E-state index is 14.0. The zero-order chi connectivity index (χ0) is 30.7. The zero-order valence-corrected chi connectivity index (χ0v) is 26.3. The second-order valence-electron chi connectivity index (χ2n) is 13.1. The van der Waals surface area contributed by atoms with E-state index in [4.69, 9.17) is 16.3 Å². The Balaban J connectivity index is 1.33. The minimum absolute atomic E-state index is 0.0810. The number of aromatic nitrogens is 2. The molecular weight excluding hydrogens is 580 g/mol. The molecule has 12 heteroatoms. The Morgan fingerprint density at radius 1 is 1.19 bits per heavy atom. The molecule has 0 radical (unpaired) electrons. The summed E-state index contributed by atoms with van der Waals surface area (Å²) in [7, 11) is -3.64. The molecule has 2 heterocycles. The number of carboxylic acid groups (broad SMARTS) is 1. The summed E-state index contributed by atoms with van der Waals surface area (Å²) >= 11 is 6.47. The first-order valence-electron chi connectivity index (χ1n) is 14.4. The number of nitrogens with one attached hydrogen (secondary N) is 1. The molecule has 228 valence electrons. The van der Waals surface area contributed by atoms with Crippen molar-refractivity contribution in [2.45, 2.75) is 82.3 Å². The number of esters is 1. The van der Waals surface area contributed by atoms with Gasteiger partial charge in [-0.15, -0.1) is 0 Å². The summed E-state index contributed by atoms with van der Waals surface area (Å²) in [6, 6.07) is 4.99. The molecule has 2 saturated carbocycles. The van der Waals surface area contributed by atoms with Crippen LogP contribution in [-0.2, 0) is 24.8 Å². The van der Waals surface area contributed by atoms with Crippen LogP contribution in [0.1, 0.15) is 70.9 Å². The predicted molar refractivity (Wildman–Crippen MR) is 159 cm³/mol. The molecule has 2 aliphatic carbocycles. The summed E-state index contributed by atoms with van der Waals surface area (Å²) in [6.45, 7) is 11.0. The molecule has 2 N–H and O–H groups in total. The maximum absolute atomic E-state index is 14.0. The molecule has 2 unspecified atom stereocenters. The number of benzene rings is 1. The Kier molecular flexibility index (Phi) is 7.75. The van der Waals surface area contributed by atoms with Gasteiger partial charge < -0.3 is 20.1 Å². The molecule has 10 nitrogen and oxygen atoms in total. The number of piperidine rings is 1. The van der Waals surface area contributed by atoms with Crippen molar-refractivity contribution in [3.63, 3.8) is 0 Å². The Bertz CT molecular complexity index is 1510. The van der Waals surface area contributed by atoms with Crippen molar-refractivity contribution in [1.82, 2.24) is 14.9 Å². The van der Waals surface area contributed by atoms with Crippen molar-refractivity contribution in [2.24, 2.45) is 16.7 Å². The number of anilines is 2. The monoisotopic (exact) mass is 618 g/mol. The molecule has 1 spiro atoms. The fraction of sp³-hybridized carbons (Fsp3) is 0.600. The number of hydrogen-bond acceptors (Lipinski definition) is 8. The van der Waals surface area contributed by atoms with Gasteiger partial charge in [-0.1, -0.05) is 32.4 Å². The van der Waals surface area contributed by atoms with Crippen LogP contribution in [0.3, 0.4) is 0 Å². The average Bonchev–Trinajstić information content (AvgIpc) is 3.70. The lowest BCUT2D eigenvalue weighted by atomic mass is 9.48. The van der Waals surface area contributed by atoms with Gasteiger partial charge in [0, 0.05) is 30.5 Å². The van der Waals surface area contributed by atoms with Crippen LogP contribution in [0.25, 0.3) is 0 Å². The number of amides is 1. The van der Waals surface area contributed by atoms with Crippen LogP contribution in [0.2, 0.25) is 5.15 Å². The number of halogens is 1. The van der Waals surface area contributed by atoms with Crippen LogP contribution >= 0.6 is 11.6 Å². The molecule has 1 amide bonds. The molecule has 2 aromatic rings. The average molecular weight is 619 g/mol. The number of carbonyl (C=O) groups is 2. The van der Waals surface area contributed by atoms with E-state index in [-0.39, 0.29) is 45.3 Å². The van der Waals surface area contributed by atoms with Gasteiger partial charge in [-0.2, -0.15) is 0 Å². The predicted octanol–water partition coefficient (Wildman–Crippen LogP) is 5.75. The summed E-state index contributed by atoms with van der Waals surface area (Å²) < 4.78 is 33.2. The van der Waals surface area contributed by atoms with E-state index in [9.17, 15) is 23.1 Å². The Hall–Kier alpha value is -2.92. The van der Waals surface area contributed by atoms with Crippen LogP contribution < -0.4 is 5.32 Å². The van der Waals surface area contributed by atoms with Gasteiger partial charge in [0.05, 0.1) is 22.2 Å². The SMILES string of the molecule is CCOC(=O)C1(c2cnc(Nc3ccc(S(=O)(=O)C4CC5(CCN(C(=O)O)CC5)C4C(C)(C)C)cc3C)nc2Cl)CC1. The van der Waals surface area contributed by atoms with Gasteiger partial charge >= 0.3 is 12.1 Å². The number of carbonyl (C=O) groups excluding carboxylic acids is 1. The van der Waals surface area contributed by atoms with Crippen molar-refractivity contribution >= 4 is 45.1 Å². The lowest BCUT2D eigenvalue weighted by molar-refractivity contribution is -0.146. The van der Waals surface area contributed by atoms with E-state index in [1.54, 1.807) is 31.3 Å². The smallest absolute Gasteiger partial charge is 0.407 e. The number of sulfone groups is 1. The van der Waals surface area contributed by atoms with Gasteiger partial charge in [0.1, 0.15) is 5.15 Å². The molecule has 1 aromatic carbocycles. The molecule has 3 aliphatic rings. The van der Waals surface area contributed by atoms with E-state index in [1.807, 2.05) is 6.92 Å². The van der Waals surface area contributed by atoms with Gasteiger partial charge in [-0.05, 0) is 86.5 Å². The van der Waals surface area contributed by atoms with Crippen LogP contribution in [0.4, 0.5) is 16.4 Å². The first kappa shape index (κ1) is 30.5. The van der Waals surface area contributed by atoms with E-state index in [1.165, 1.54) is 4.90 Å². The molecule has 5 rings (SSSR count). The third-order valence-corrected chi connectivity index (χ3v) is 11.9. The lowest BCUT2D eigenvalue weighted by Crippen LogP contribution is -2.63. The quantitative estimate of drug-likeness (QED) is 0.293. The first-order valence-corrected chi connectivity index (χ1v) is 16.4. The Labute approximate surface area is 252 Å². The zero-order valence-electron chi connectivity index (χ0n) is 24.7. The standard InChI is InChI=1S/C30H39ClN4O6S/c1-6-41-25(36)30(9-10-30)20-17-32-26(34-24(20)31)33-21-8-7-19(15-18(21)2)42(39,40)22-16-29(23(22)28(3,4)5)11-13-35(14-12-29)27(37)38/h7-8,15,17,22-23H,6,9-14,16H2,1-5H3,(H,37,38)(H,32,33,34). The van der Waals surface area contributed by atoms with Crippen molar-refractivity contribution in [2.75, 3.05) is 25.0 Å². The van der Waals surface area contributed by atoms with Crippen LogP contribution in [-0.4, -0.2) is 65.4 Å². The summed E-state index contributed by atoms with van der Waals surface area (Å²) in [4.78, 5) is 34.3. The number of likely N-dealkylation sites (tertiary alicyclic amines) is 1.